The summed E-state index contributed by atoms with van der Waals surface area (Å²) in [5.74, 6) is 0. The molecule has 1 aromatic heterocycles. The van der Waals surface area contributed by atoms with Crippen molar-refractivity contribution in [3.8, 4) is 0 Å². The van der Waals surface area contributed by atoms with E-state index in [0.717, 1.165) is 23.3 Å². The fraction of sp³-hybridized carbons (Fsp3) is 0.364. The summed E-state index contributed by atoms with van der Waals surface area (Å²) in [5.41, 5.74) is 3.26. The summed E-state index contributed by atoms with van der Waals surface area (Å²) >= 11 is 0. The third kappa shape index (κ3) is 1.87. The molecule has 0 aliphatic carbocycles. The molecular weight excluding hydrogens is 174 g/mol. The van der Waals surface area contributed by atoms with Gasteiger partial charge in [0.15, 0.2) is 0 Å². The zero-order chi connectivity index (χ0) is 9.80. The SMILES string of the molecule is CCCCNc1ccc2[nH]cnc2c1. The second-order valence-electron chi connectivity index (χ2n) is 3.41. The zero-order valence-electron chi connectivity index (χ0n) is 8.38. The summed E-state index contributed by atoms with van der Waals surface area (Å²) in [5, 5.41) is 3.37. The van der Waals surface area contributed by atoms with E-state index in [-0.39, 0.29) is 0 Å². The van der Waals surface area contributed by atoms with Crippen LogP contribution < -0.4 is 5.32 Å². The molecule has 0 aliphatic rings. The minimum atomic E-state index is 1.02. The Morgan fingerprint density at radius 1 is 1.43 bits per heavy atom. The molecule has 0 fully saturated rings. The molecule has 0 unspecified atom stereocenters. The van der Waals surface area contributed by atoms with E-state index in [4.69, 9.17) is 0 Å². The van der Waals surface area contributed by atoms with E-state index in [2.05, 4.69) is 40.4 Å². The van der Waals surface area contributed by atoms with Gasteiger partial charge in [0, 0.05) is 12.2 Å². The smallest absolute Gasteiger partial charge is 0.0931 e. The molecule has 0 aliphatic heterocycles. The van der Waals surface area contributed by atoms with Crippen molar-refractivity contribution in [2.24, 2.45) is 0 Å². The lowest BCUT2D eigenvalue weighted by Gasteiger charge is -2.04. The topological polar surface area (TPSA) is 40.7 Å². The van der Waals surface area contributed by atoms with Crippen molar-refractivity contribution in [1.82, 2.24) is 9.97 Å². The lowest BCUT2D eigenvalue weighted by atomic mass is 10.2. The highest BCUT2D eigenvalue weighted by molar-refractivity contribution is 5.78. The molecule has 3 nitrogen and oxygen atoms in total. The van der Waals surface area contributed by atoms with Crippen molar-refractivity contribution < 1.29 is 0 Å². The van der Waals surface area contributed by atoms with Gasteiger partial charge in [-0.2, -0.15) is 0 Å². The molecule has 1 aromatic carbocycles. The van der Waals surface area contributed by atoms with Crippen LogP contribution in [0.4, 0.5) is 5.69 Å². The number of imidazole rings is 1. The second-order valence-corrected chi connectivity index (χ2v) is 3.41. The summed E-state index contributed by atoms with van der Waals surface area (Å²) in [7, 11) is 0. The maximum absolute atomic E-state index is 4.21. The minimum absolute atomic E-state index is 1.02. The van der Waals surface area contributed by atoms with Crippen molar-refractivity contribution in [3.63, 3.8) is 0 Å². The van der Waals surface area contributed by atoms with Crippen LogP contribution in [-0.4, -0.2) is 16.5 Å². The Labute approximate surface area is 83.6 Å². The number of aromatic nitrogens is 2. The first-order valence-electron chi connectivity index (χ1n) is 5.07. The maximum Gasteiger partial charge on any atom is 0.0931 e. The average molecular weight is 189 g/mol. The van der Waals surface area contributed by atoms with Crippen LogP contribution in [0, 0.1) is 0 Å². The fourth-order valence-corrected chi connectivity index (χ4v) is 1.45. The van der Waals surface area contributed by atoms with E-state index in [1.807, 2.05) is 0 Å². The average Bonchev–Trinajstić information content (AvgIpc) is 2.65. The van der Waals surface area contributed by atoms with Crippen LogP contribution in [0.1, 0.15) is 19.8 Å². The molecular formula is C11H15N3. The Bertz CT molecular complexity index is 406. The Hall–Kier alpha value is -1.51. The van der Waals surface area contributed by atoms with Gasteiger partial charge >= 0.3 is 0 Å². The van der Waals surface area contributed by atoms with Gasteiger partial charge in [0.25, 0.3) is 0 Å². The van der Waals surface area contributed by atoms with Gasteiger partial charge in [0.1, 0.15) is 0 Å². The number of rotatable bonds is 4. The van der Waals surface area contributed by atoms with E-state index in [1.165, 1.54) is 12.8 Å². The first kappa shape index (κ1) is 9.06. The molecule has 14 heavy (non-hydrogen) atoms. The third-order valence-corrected chi connectivity index (χ3v) is 2.28. The van der Waals surface area contributed by atoms with Crippen LogP contribution in [0.5, 0.6) is 0 Å². The number of nitrogens with one attached hydrogen (secondary N) is 2. The molecule has 0 spiro atoms. The number of nitrogens with zero attached hydrogens (tertiary/aromatic N) is 1. The molecule has 0 radical (unpaired) electrons. The first-order chi connectivity index (χ1) is 6.90. The van der Waals surface area contributed by atoms with Crippen LogP contribution in [-0.2, 0) is 0 Å². The first-order valence-corrected chi connectivity index (χ1v) is 5.07. The van der Waals surface area contributed by atoms with Gasteiger partial charge in [-0.3, -0.25) is 0 Å². The summed E-state index contributed by atoms with van der Waals surface area (Å²) in [4.78, 5) is 7.29. The maximum atomic E-state index is 4.21. The molecule has 74 valence electrons. The summed E-state index contributed by atoms with van der Waals surface area (Å²) in [6, 6.07) is 6.20. The quantitative estimate of drug-likeness (QED) is 0.726. The zero-order valence-corrected chi connectivity index (χ0v) is 8.38. The highest BCUT2D eigenvalue weighted by Crippen LogP contribution is 2.15. The van der Waals surface area contributed by atoms with Crippen LogP contribution in [0.3, 0.4) is 0 Å². The molecule has 2 N–H and O–H groups in total. The summed E-state index contributed by atoms with van der Waals surface area (Å²) in [6.07, 6.45) is 4.15. The van der Waals surface area contributed by atoms with Gasteiger partial charge in [0.2, 0.25) is 0 Å². The number of anilines is 1. The Balaban J connectivity index is 2.10. The summed E-state index contributed by atoms with van der Waals surface area (Å²) in [6.45, 7) is 3.23. The van der Waals surface area contributed by atoms with Crippen molar-refractivity contribution in [2.45, 2.75) is 19.8 Å². The Morgan fingerprint density at radius 2 is 2.36 bits per heavy atom. The highest BCUT2D eigenvalue weighted by Gasteiger charge is 1.96. The van der Waals surface area contributed by atoms with Crippen LogP contribution in [0.15, 0.2) is 24.5 Å². The van der Waals surface area contributed by atoms with E-state index in [0.29, 0.717) is 0 Å². The molecule has 0 saturated carbocycles. The lowest BCUT2D eigenvalue weighted by molar-refractivity contribution is 0.834. The Kier molecular flexibility index (Phi) is 2.68. The number of fused-ring (bicyclic) bond motifs is 1. The van der Waals surface area contributed by atoms with Gasteiger partial charge < -0.3 is 10.3 Å². The second kappa shape index (κ2) is 4.13. The Morgan fingerprint density at radius 3 is 3.21 bits per heavy atom. The number of hydrogen-bond acceptors (Lipinski definition) is 2. The van der Waals surface area contributed by atoms with Gasteiger partial charge in [-0.15, -0.1) is 0 Å². The van der Waals surface area contributed by atoms with Crippen molar-refractivity contribution in [1.29, 1.82) is 0 Å². The number of benzene rings is 1. The van der Waals surface area contributed by atoms with Crippen molar-refractivity contribution >= 4 is 16.7 Å². The van der Waals surface area contributed by atoms with Gasteiger partial charge in [-0.05, 0) is 24.6 Å². The van der Waals surface area contributed by atoms with Gasteiger partial charge in [0.05, 0.1) is 17.4 Å². The van der Waals surface area contributed by atoms with Crippen LogP contribution in [0.25, 0.3) is 11.0 Å². The van der Waals surface area contributed by atoms with Crippen LogP contribution >= 0.6 is 0 Å². The van der Waals surface area contributed by atoms with E-state index in [9.17, 15) is 0 Å². The standard InChI is InChI=1S/C11H15N3/c1-2-3-6-12-9-4-5-10-11(7-9)14-8-13-10/h4-5,7-8,12H,2-3,6H2,1H3,(H,13,14). The molecule has 1 heterocycles. The molecule has 0 atom stereocenters. The fourth-order valence-electron chi connectivity index (χ4n) is 1.45. The van der Waals surface area contributed by atoms with E-state index in [1.54, 1.807) is 6.33 Å². The number of H-pyrrole nitrogens is 1. The molecule has 2 aromatic rings. The van der Waals surface area contributed by atoms with Crippen LogP contribution in [0.2, 0.25) is 0 Å². The van der Waals surface area contributed by atoms with E-state index < -0.39 is 0 Å². The molecule has 2 rings (SSSR count). The van der Waals surface area contributed by atoms with Crippen molar-refractivity contribution in [2.75, 3.05) is 11.9 Å². The minimum Gasteiger partial charge on any atom is -0.385 e. The molecule has 0 amide bonds. The number of hydrogen-bond donors (Lipinski definition) is 2. The van der Waals surface area contributed by atoms with Crippen molar-refractivity contribution in [3.05, 3.63) is 24.5 Å². The summed E-state index contributed by atoms with van der Waals surface area (Å²) < 4.78 is 0. The molecule has 3 heteroatoms. The number of aromatic amines is 1. The predicted molar refractivity (Wildman–Crippen MR) is 59.5 cm³/mol. The van der Waals surface area contributed by atoms with Gasteiger partial charge in [-0.25, -0.2) is 4.98 Å². The monoisotopic (exact) mass is 189 g/mol. The highest BCUT2D eigenvalue weighted by atomic mass is 14.9. The number of unbranched alkanes of at least 4 members (excludes halogenated alkanes) is 1. The predicted octanol–water partition coefficient (Wildman–Crippen LogP) is 2.77. The third-order valence-electron chi connectivity index (χ3n) is 2.28. The largest absolute Gasteiger partial charge is 0.385 e. The van der Waals surface area contributed by atoms with Gasteiger partial charge in [-0.1, -0.05) is 13.3 Å². The lowest BCUT2D eigenvalue weighted by Crippen LogP contribution is -2.00. The molecule has 0 saturated heterocycles. The normalized spacial score (nSPS) is 10.6. The molecule has 0 bridgehead atoms. The van der Waals surface area contributed by atoms with E-state index >= 15 is 0 Å².